The van der Waals surface area contributed by atoms with E-state index in [-0.39, 0.29) is 17.4 Å². The minimum absolute atomic E-state index is 0.172. The molecule has 0 aliphatic carbocycles. The van der Waals surface area contributed by atoms with Crippen LogP contribution in [-0.2, 0) is 9.59 Å². The lowest BCUT2D eigenvalue weighted by Crippen LogP contribution is -2.35. The highest BCUT2D eigenvalue weighted by Crippen LogP contribution is 2.26. The predicted molar refractivity (Wildman–Crippen MR) is 88.8 cm³/mol. The van der Waals surface area contributed by atoms with Gasteiger partial charge in [0.1, 0.15) is 5.57 Å². The number of para-hydroxylation sites is 1. The van der Waals surface area contributed by atoms with E-state index in [0.29, 0.717) is 11.3 Å². The minimum atomic E-state index is -0.380. The molecule has 22 heavy (non-hydrogen) atoms. The highest BCUT2D eigenvalue weighted by molar-refractivity contribution is 9.10. The number of nitrogens with zero attached hydrogens (tertiary/aromatic N) is 1. The van der Waals surface area contributed by atoms with Crippen LogP contribution in [0, 0.1) is 0 Å². The van der Waals surface area contributed by atoms with Crippen LogP contribution in [0.2, 0.25) is 0 Å². The Hall–Kier alpha value is -2.40. The summed E-state index contributed by atoms with van der Waals surface area (Å²) in [5.74, 6) is -0.717. The first-order chi connectivity index (χ1) is 10.6. The number of rotatable bonds is 2. The van der Waals surface area contributed by atoms with Gasteiger partial charge in [-0.1, -0.05) is 46.3 Å². The van der Waals surface area contributed by atoms with Gasteiger partial charge in [-0.25, -0.2) is 5.01 Å². The molecule has 1 N–H and O–H groups in total. The fourth-order valence-electron chi connectivity index (χ4n) is 2.35. The third-order valence-corrected chi connectivity index (χ3v) is 4.05. The van der Waals surface area contributed by atoms with Crippen LogP contribution < -0.4 is 10.4 Å². The van der Waals surface area contributed by atoms with Crippen LogP contribution in [0.25, 0.3) is 5.57 Å². The van der Waals surface area contributed by atoms with Crippen LogP contribution in [0.4, 0.5) is 5.69 Å². The van der Waals surface area contributed by atoms with Crippen molar-refractivity contribution in [2.45, 2.75) is 6.92 Å². The Morgan fingerprint density at radius 2 is 1.64 bits per heavy atom. The highest BCUT2D eigenvalue weighted by atomic mass is 79.9. The molecule has 4 nitrogen and oxygen atoms in total. The predicted octanol–water partition coefficient (Wildman–Crippen LogP) is 3.30. The molecule has 3 rings (SSSR count). The molecule has 1 saturated heterocycles. The third-order valence-electron chi connectivity index (χ3n) is 3.52. The molecule has 1 heterocycles. The number of hydrogen-bond donors (Lipinski definition) is 1. The van der Waals surface area contributed by atoms with E-state index in [2.05, 4.69) is 21.4 Å². The van der Waals surface area contributed by atoms with E-state index in [1.54, 1.807) is 19.1 Å². The third kappa shape index (κ3) is 2.55. The molecular weight excluding hydrogens is 344 g/mol. The average Bonchev–Trinajstić information content (AvgIpc) is 2.83. The molecule has 0 saturated carbocycles. The van der Waals surface area contributed by atoms with Gasteiger partial charge in [0.05, 0.1) is 5.69 Å². The van der Waals surface area contributed by atoms with Crippen LogP contribution in [0.1, 0.15) is 12.5 Å². The Bertz CT molecular complexity index is 767. The number of amides is 2. The smallest absolute Gasteiger partial charge is 0.267 e. The van der Waals surface area contributed by atoms with Crippen molar-refractivity contribution in [2.24, 2.45) is 0 Å². The van der Waals surface area contributed by atoms with E-state index >= 15 is 0 Å². The number of nitrogens with one attached hydrogen (secondary N) is 1. The van der Waals surface area contributed by atoms with E-state index in [1.165, 1.54) is 5.01 Å². The van der Waals surface area contributed by atoms with Crippen LogP contribution in [0.15, 0.2) is 64.6 Å². The van der Waals surface area contributed by atoms with Crippen LogP contribution in [0.5, 0.6) is 0 Å². The first kappa shape index (κ1) is 14.5. The summed E-state index contributed by atoms with van der Waals surface area (Å²) in [6.45, 7) is 1.78. The molecule has 1 fully saturated rings. The number of hydrazine groups is 1. The maximum atomic E-state index is 12.6. The Labute approximate surface area is 136 Å². The van der Waals surface area contributed by atoms with Gasteiger partial charge in [-0.05, 0) is 42.3 Å². The van der Waals surface area contributed by atoms with Gasteiger partial charge in [0, 0.05) is 4.47 Å². The molecule has 1 aliphatic rings. The number of allylic oxidation sites excluding steroid dienone is 1. The molecule has 0 spiro atoms. The molecule has 2 aromatic carbocycles. The SMILES string of the molecule is CC(=C1C(=O)NN(c2ccccc2)C1=O)c1ccc(Br)cc1. The van der Waals surface area contributed by atoms with E-state index in [9.17, 15) is 9.59 Å². The lowest BCUT2D eigenvalue weighted by atomic mass is 10.0. The fraction of sp³-hybridized carbons (Fsp3) is 0.0588. The molecule has 0 atom stereocenters. The Morgan fingerprint density at radius 3 is 2.27 bits per heavy atom. The molecule has 0 aromatic heterocycles. The van der Waals surface area contributed by atoms with E-state index in [4.69, 9.17) is 0 Å². The summed E-state index contributed by atoms with van der Waals surface area (Å²) in [5.41, 5.74) is 4.93. The second-order valence-corrected chi connectivity index (χ2v) is 5.84. The number of carbonyl (C=O) groups is 2. The van der Waals surface area contributed by atoms with Gasteiger partial charge >= 0.3 is 0 Å². The standard InChI is InChI=1S/C17H13BrN2O2/c1-11(12-7-9-13(18)10-8-12)15-16(21)19-20(17(15)22)14-5-3-2-4-6-14/h2-10H,1H3,(H,19,21). The minimum Gasteiger partial charge on any atom is -0.267 e. The van der Waals surface area contributed by atoms with Gasteiger partial charge in [0.2, 0.25) is 0 Å². The van der Waals surface area contributed by atoms with Crippen molar-refractivity contribution in [3.8, 4) is 0 Å². The zero-order chi connectivity index (χ0) is 15.7. The Morgan fingerprint density at radius 1 is 1.00 bits per heavy atom. The van der Waals surface area contributed by atoms with Gasteiger partial charge in [-0.3, -0.25) is 15.0 Å². The molecule has 1 aliphatic heterocycles. The Kier molecular flexibility index (Phi) is 3.81. The molecule has 0 radical (unpaired) electrons. The summed E-state index contributed by atoms with van der Waals surface area (Å²) in [7, 11) is 0. The van der Waals surface area contributed by atoms with Crippen molar-refractivity contribution in [3.05, 3.63) is 70.2 Å². The van der Waals surface area contributed by atoms with Crippen molar-refractivity contribution < 1.29 is 9.59 Å². The van der Waals surface area contributed by atoms with Crippen molar-refractivity contribution in [1.82, 2.24) is 5.43 Å². The summed E-state index contributed by atoms with van der Waals surface area (Å²) >= 11 is 3.37. The van der Waals surface area contributed by atoms with Gasteiger partial charge in [-0.15, -0.1) is 0 Å². The summed E-state index contributed by atoms with van der Waals surface area (Å²) in [6.07, 6.45) is 0. The summed E-state index contributed by atoms with van der Waals surface area (Å²) < 4.78 is 0.946. The van der Waals surface area contributed by atoms with E-state index in [0.717, 1.165) is 10.0 Å². The molecule has 110 valence electrons. The van der Waals surface area contributed by atoms with Crippen molar-refractivity contribution in [3.63, 3.8) is 0 Å². The number of carbonyl (C=O) groups excluding carboxylic acids is 2. The van der Waals surface area contributed by atoms with Gasteiger partial charge in [0.25, 0.3) is 11.8 Å². The first-order valence-electron chi connectivity index (χ1n) is 6.75. The maximum Gasteiger partial charge on any atom is 0.282 e. The van der Waals surface area contributed by atoms with E-state index in [1.807, 2.05) is 42.5 Å². The second kappa shape index (κ2) is 5.77. The normalized spacial score (nSPS) is 16.7. The van der Waals surface area contributed by atoms with Gasteiger partial charge in [0.15, 0.2) is 0 Å². The number of hydrogen-bond acceptors (Lipinski definition) is 2. The maximum absolute atomic E-state index is 12.6. The van der Waals surface area contributed by atoms with Crippen LogP contribution in [-0.4, -0.2) is 11.8 Å². The molecule has 2 aromatic rings. The zero-order valence-corrected chi connectivity index (χ0v) is 13.4. The first-order valence-corrected chi connectivity index (χ1v) is 7.54. The van der Waals surface area contributed by atoms with E-state index < -0.39 is 0 Å². The summed E-state index contributed by atoms with van der Waals surface area (Å²) in [5, 5.41) is 1.28. The lowest BCUT2D eigenvalue weighted by molar-refractivity contribution is -0.117. The second-order valence-electron chi connectivity index (χ2n) is 4.92. The molecule has 2 amide bonds. The van der Waals surface area contributed by atoms with Crippen molar-refractivity contribution >= 4 is 39.0 Å². The molecule has 0 bridgehead atoms. The zero-order valence-electron chi connectivity index (χ0n) is 11.8. The van der Waals surface area contributed by atoms with Gasteiger partial charge < -0.3 is 0 Å². The monoisotopic (exact) mass is 356 g/mol. The molecule has 0 unspecified atom stereocenters. The lowest BCUT2D eigenvalue weighted by Gasteiger charge is -2.14. The number of halogens is 1. The molecule has 5 heteroatoms. The summed E-state index contributed by atoms with van der Waals surface area (Å²) in [4.78, 5) is 24.8. The largest absolute Gasteiger partial charge is 0.282 e. The van der Waals surface area contributed by atoms with Crippen molar-refractivity contribution in [1.29, 1.82) is 0 Å². The Balaban J connectivity index is 2.01. The van der Waals surface area contributed by atoms with Crippen LogP contribution >= 0.6 is 15.9 Å². The molecular formula is C17H13BrN2O2. The summed E-state index contributed by atoms with van der Waals surface area (Å²) in [6, 6.07) is 16.5. The van der Waals surface area contributed by atoms with Crippen molar-refractivity contribution in [2.75, 3.05) is 5.01 Å². The highest BCUT2D eigenvalue weighted by Gasteiger charge is 2.36. The average molecular weight is 357 g/mol. The van der Waals surface area contributed by atoms with Crippen LogP contribution in [0.3, 0.4) is 0 Å². The fourth-order valence-corrected chi connectivity index (χ4v) is 2.62. The quantitative estimate of drug-likeness (QED) is 0.662. The number of anilines is 1. The topological polar surface area (TPSA) is 49.4 Å². The van der Waals surface area contributed by atoms with Gasteiger partial charge in [-0.2, -0.15) is 0 Å². The number of benzene rings is 2.